The van der Waals surface area contributed by atoms with Crippen LogP contribution in [0.4, 0.5) is 0 Å². The molecule has 1 atom stereocenters. The molecule has 0 aliphatic heterocycles. The van der Waals surface area contributed by atoms with E-state index in [2.05, 4.69) is 29.1 Å². The van der Waals surface area contributed by atoms with E-state index < -0.39 is 0 Å². The van der Waals surface area contributed by atoms with Crippen LogP contribution in [0.2, 0.25) is 0 Å². The van der Waals surface area contributed by atoms with Gasteiger partial charge in [0.1, 0.15) is 0 Å². The van der Waals surface area contributed by atoms with Gasteiger partial charge in [-0.3, -0.25) is 4.79 Å². The second kappa shape index (κ2) is 6.73. The Morgan fingerprint density at radius 3 is 2.33 bits per heavy atom. The number of hydrogen-bond acceptors (Lipinski definition) is 4. The van der Waals surface area contributed by atoms with E-state index in [4.69, 9.17) is 0 Å². The van der Waals surface area contributed by atoms with E-state index in [-0.39, 0.29) is 11.9 Å². The predicted molar refractivity (Wildman–Crippen MR) is 74.7 cm³/mol. The van der Waals surface area contributed by atoms with Crippen LogP contribution in [0.3, 0.4) is 0 Å². The van der Waals surface area contributed by atoms with E-state index >= 15 is 0 Å². The van der Waals surface area contributed by atoms with Gasteiger partial charge in [-0.15, -0.1) is 0 Å². The van der Waals surface area contributed by atoms with Crippen LogP contribution < -0.4 is 5.32 Å². The first-order chi connectivity index (χ1) is 8.38. The molecule has 100 valence electrons. The number of aryl methyl sites for hydroxylation is 2. The van der Waals surface area contributed by atoms with Crippen molar-refractivity contribution in [1.29, 1.82) is 0 Å². The summed E-state index contributed by atoms with van der Waals surface area (Å²) < 4.78 is 0. The lowest BCUT2D eigenvalue weighted by Crippen LogP contribution is -2.37. The molecule has 18 heavy (non-hydrogen) atoms. The quantitative estimate of drug-likeness (QED) is 0.657. The van der Waals surface area contributed by atoms with E-state index in [9.17, 15) is 4.79 Å². The maximum atomic E-state index is 11.7. The summed E-state index contributed by atoms with van der Waals surface area (Å²) in [6.45, 7) is 10.1. The van der Waals surface area contributed by atoms with E-state index in [0.29, 0.717) is 16.8 Å². The number of nitrogens with one attached hydrogen (secondary N) is 1. The van der Waals surface area contributed by atoms with Crippen LogP contribution in [-0.2, 0) is 4.79 Å². The molecular weight excluding hydrogens is 246 g/mol. The Labute approximate surface area is 113 Å². The van der Waals surface area contributed by atoms with Gasteiger partial charge in [-0.2, -0.15) is 0 Å². The van der Waals surface area contributed by atoms with Crippen LogP contribution in [0.1, 0.15) is 32.2 Å². The fraction of sp³-hybridized carbons (Fsp3) is 0.615. The van der Waals surface area contributed by atoms with Gasteiger partial charge in [0.15, 0.2) is 5.16 Å². The molecule has 1 amide bonds. The molecule has 1 heterocycles. The second-order valence-corrected chi connectivity index (χ2v) is 5.76. The van der Waals surface area contributed by atoms with Crippen LogP contribution in [0.5, 0.6) is 0 Å². The molecule has 1 N–H and O–H groups in total. The monoisotopic (exact) mass is 267 g/mol. The van der Waals surface area contributed by atoms with Gasteiger partial charge in [-0.05, 0) is 32.8 Å². The van der Waals surface area contributed by atoms with Crippen LogP contribution in [0, 0.1) is 19.8 Å². The van der Waals surface area contributed by atoms with E-state index in [0.717, 1.165) is 11.4 Å². The molecule has 1 rings (SSSR count). The minimum atomic E-state index is 0.0314. The Balaban J connectivity index is 2.47. The lowest BCUT2D eigenvalue weighted by molar-refractivity contribution is -0.119. The third kappa shape index (κ3) is 5.04. The largest absolute Gasteiger partial charge is 0.353 e. The molecule has 0 bridgehead atoms. The molecule has 0 saturated heterocycles. The topological polar surface area (TPSA) is 54.9 Å². The van der Waals surface area contributed by atoms with E-state index in [1.807, 2.05) is 26.8 Å². The van der Waals surface area contributed by atoms with Crippen molar-refractivity contribution in [3.05, 3.63) is 17.5 Å². The lowest BCUT2D eigenvalue weighted by Gasteiger charge is -2.17. The van der Waals surface area contributed by atoms with Crippen molar-refractivity contribution in [3.63, 3.8) is 0 Å². The Kier molecular flexibility index (Phi) is 5.59. The highest BCUT2D eigenvalue weighted by atomic mass is 32.2. The average Bonchev–Trinajstić information content (AvgIpc) is 2.25. The first-order valence-corrected chi connectivity index (χ1v) is 7.11. The molecule has 0 spiro atoms. The number of carbonyl (C=O) groups is 1. The summed E-state index contributed by atoms with van der Waals surface area (Å²) in [4.78, 5) is 20.3. The number of nitrogens with zero attached hydrogens (tertiary/aromatic N) is 2. The molecular formula is C13H21N3OS. The molecule has 0 aromatic carbocycles. The van der Waals surface area contributed by atoms with Gasteiger partial charge in [-0.25, -0.2) is 9.97 Å². The van der Waals surface area contributed by atoms with Gasteiger partial charge in [0, 0.05) is 17.4 Å². The molecule has 4 nitrogen and oxygen atoms in total. The van der Waals surface area contributed by atoms with Gasteiger partial charge < -0.3 is 5.32 Å². The van der Waals surface area contributed by atoms with Gasteiger partial charge >= 0.3 is 0 Å². The van der Waals surface area contributed by atoms with Crippen LogP contribution in [-0.4, -0.2) is 27.7 Å². The van der Waals surface area contributed by atoms with Crippen molar-refractivity contribution >= 4 is 17.7 Å². The maximum absolute atomic E-state index is 11.7. The Morgan fingerprint density at radius 2 is 1.83 bits per heavy atom. The zero-order chi connectivity index (χ0) is 13.7. The number of aromatic nitrogens is 2. The number of amides is 1. The number of hydrogen-bond donors (Lipinski definition) is 1. The lowest BCUT2D eigenvalue weighted by atomic mass is 10.1. The Hall–Kier alpha value is -1.10. The highest BCUT2D eigenvalue weighted by molar-refractivity contribution is 7.99. The molecule has 0 fully saturated rings. The van der Waals surface area contributed by atoms with Crippen molar-refractivity contribution in [2.75, 3.05) is 5.75 Å². The maximum Gasteiger partial charge on any atom is 0.230 e. The zero-order valence-electron chi connectivity index (χ0n) is 11.7. The van der Waals surface area contributed by atoms with Crippen molar-refractivity contribution in [3.8, 4) is 0 Å². The van der Waals surface area contributed by atoms with Crippen molar-refractivity contribution in [1.82, 2.24) is 15.3 Å². The highest BCUT2D eigenvalue weighted by Crippen LogP contribution is 2.13. The Bertz CT molecular complexity index is 400. The van der Waals surface area contributed by atoms with Gasteiger partial charge in [-0.1, -0.05) is 25.6 Å². The Morgan fingerprint density at radius 1 is 1.28 bits per heavy atom. The number of thioether (sulfide) groups is 1. The standard InChI is InChI=1S/C13H21N3OS/c1-8(2)11(5)16-12(17)7-18-13-14-9(3)6-10(4)15-13/h6,8,11H,7H2,1-5H3,(H,16,17). The minimum absolute atomic E-state index is 0.0314. The number of carbonyl (C=O) groups excluding carboxylic acids is 1. The third-order valence-corrected chi connectivity index (χ3v) is 3.53. The van der Waals surface area contributed by atoms with Crippen molar-refractivity contribution in [2.24, 2.45) is 5.92 Å². The zero-order valence-corrected chi connectivity index (χ0v) is 12.5. The second-order valence-electron chi connectivity index (χ2n) is 4.82. The summed E-state index contributed by atoms with van der Waals surface area (Å²) in [6.07, 6.45) is 0. The fourth-order valence-electron chi connectivity index (χ4n) is 1.35. The summed E-state index contributed by atoms with van der Waals surface area (Å²) in [6, 6.07) is 2.11. The van der Waals surface area contributed by atoms with Crippen LogP contribution in [0.15, 0.2) is 11.2 Å². The third-order valence-electron chi connectivity index (χ3n) is 2.68. The first kappa shape index (κ1) is 15.0. The molecule has 5 heteroatoms. The summed E-state index contributed by atoms with van der Waals surface area (Å²) in [5, 5.41) is 3.63. The fourth-order valence-corrected chi connectivity index (χ4v) is 2.11. The highest BCUT2D eigenvalue weighted by Gasteiger charge is 2.11. The first-order valence-electron chi connectivity index (χ1n) is 6.13. The van der Waals surface area contributed by atoms with E-state index in [1.54, 1.807) is 0 Å². The summed E-state index contributed by atoms with van der Waals surface area (Å²) in [5.74, 6) is 0.834. The average molecular weight is 267 g/mol. The molecule has 0 aliphatic rings. The molecule has 0 radical (unpaired) electrons. The van der Waals surface area contributed by atoms with Crippen molar-refractivity contribution < 1.29 is 4.79 Å². The minimum Gasteiger partial charge on any atom is -0.353 e. The van der Waals surface area contributed by atoms with E-state index in [1.165, 1.54) is 11.8 Å². The summed E-state index contributed by atoms with van der Waals surface area (Å²) in [5.41, 5.74) is 1.86. The SMILES string of the molecule is Cc1cc(C)nc(SCC(=O)NC(C)C(C)C)n1. The van der Waals surface area contributed by atoms with Crippen LogP contribution >= 0.6 is 11.8 Å². The molecule has 1 unspecified atom stereocenters. The van der Waals surface area contributed by atoms with Gasteiger partial charge in [0.05, 0.1) is 5.75 Å². The number of rotatable bonds is 5. The molecule has 1 aromatic heterocycles. The predicted octanol–water partition coefficient (Wildman–Crippen LogP) is 2.35. The smallest absolute Gasteiger partial charge is 0.230 e. The summed E-state index contributed by atoms with van der Waals surface area (Å²) in [7, 11) is 0. The van der Waals surface area contributed by atoms with Gasteiger partial charge in [0.25, 0.3) is 0 Å². The molecule has 1 aromatic rings. The normalized spacial score (nSPS) is 12.6. The van der Waals surface area contributed by atoms with Crippen LogP contribution in [0.25, 0.3) is 0 Å². The molecule has 0 aliphatic carbocycles. The van der Waals surface area contributed by atoms with Crippen molar-refractivity contribution in [2.45, 2.75) is 45.8 Å². The summed E-state index contributed by atoms with van der Waals surface area (Å²) >= 11 is 1.38. The molecule has 0 saturated carbocycles. The van der Waals surface area contributed by atoms with Gasteiger partial charge in [0.2, 0.25) is 5.91 Å².